The first-order valence-electron chi connectivity index (χ1n) is 6.40. The lowest BCUT2D eigenvalue weighted by Gasteiger charge is -2.18. The fraction of sp³-hybridized carbons (Fsp3) is 0.125. The van der Waals surface area contributed by atoms with Crippen molar-refractivity contribution in [3.05, 3.63) is 58.7 Å². The van der Waals surface area contributed by atoms with E-state index in [0.29, 0.717) is 5.69 Å². The molecule has 0 unspecified atom stereocenters. The fourth-order valence-electron chi connectivity index (χ4n) is 2.42. The van der Waals surface area contributed by atoms with Crippen LogP contribution in [0.5, 0.6) is 0 Å². The van der Waals surface area contributed by atoms with Crippen LogP contribution in [0.1, 0.15) is 16.7 Å². The van der Waals surface area contributed by atoms with Gasteiger partial charge in [-0.2, -0.15) is 0 Å². The van der Waals surface area contributed by atoms with Crippen LogP contribution in [0.4, 0.5) is 20.2 Å². The van der Waals surface area contributed by atoms with Crippen LogP contribution >= 0.6 is 0 Å². The smallest absolute Gasteiger partial charge is 0.281 e. The van der Waals surface area contributed by atoms with Crippen LogP contribution < -0.4 is 4.90 Å². The third-order valence-electron chi connectivity index (χ3n) is 3.69. The summed E-state index contributed by atoms with van der Waals surface area (Å²) in [5.41, 5.74) is 1.98. The number of rotatable bonds is 1. The summed E-state index contributed by atoms with van der Waals surface area (Å²) in [5.74, 6) is -2.30. The fourth-order valence-corrected chi connectivity index (χ4v) is 2.42. The quantitative estimate of drug-likeness (QED) is 0.854. The van der Waals surface area contributed by atoms with Crippen molar-refractivity contribution < 1.29 is 13.6 Å². The van der Waals surface area contributed by atoms with Gasteiger partial charge in [-0.25, -0.2) is 8.78 Å². The molecule has 1 amide bonds. The summed E-state index contributed by atoms with van der Waals surface area (Å²) in [6.07, 6.45) is 0. The van der Waals surface area contributed by atoms with Crippen LogP contribution in [-0.4, -0.2) is 11.6 Å². The number of carbonyl (C=O) groups is 1. The lowest BCUT2D eigenvalue weighted by atomic mass is 10.1. The summed E-state index contributed by atoms with van der Waals surface area (Å²) in [7, 11) is 0. The zero-order chi connectivity index (χ0) is 15.3. The SMILES string of the molecule is Cc1ccc(N2C(=O)C(=N)c3cc(F)cc(F)c32)cc1C. The van der Waals surface area contributed by atoms with Crippen molar-refractivity contribution in [2.75, 3.05) is 4.90 Å². The van der Waals surface area contributed by atoms with E-state index in [2.05, 4.69) is 0 Å². The van der Waals surface area contributed by atoms with Crippen LogP contribution in [-0.2, 0) is 4.79 Å². The molecule has 0 atom stereocenters. The highest BCUT2D eigenvalue weighted by Crippen LogP contribution is 2.38. The molecule has 0 bridgehead atoms. The predicted molar refractivity (Wildman–Crippen MR) is 76.2 cm³/mol. The van der Waals surface area contributed by atoms with Crippen molar-refractivity contribution in [2.45, 2.75) is 13.8 Å². The van der Waals surface area contributed by atoms with Gasteiger partial charge in [0.25, 0.3) is 5.91 Å². The molecule has 0 saturated carbocycles. The Kier molecular flexibility index (Phi) is 2.86. The number of halogens is 2. The van der Waals surface area contributed by atoms with Crippen molar-refractivity contribution in [1.29, 1.82) is 5.41 Å². The van der Waals surface area contributed by atoms with Crippen LogP contribution in [0.3, 0.4) is 0 Å². The lowest BCUT2D eigenvalue weighted by molar-refractivity contribution is -0.111. The van der Waals surface area contributed by atoms with Gasteiger partial charge in [0.05, 0.1) is 5.69 Å². The van der Waals surface area contributed by atoms with E-state index in [0.717, 1.165) is 28.2 Å². The van der Waals surface area contributed by atoms with Gasteiger partial charge in [0.2, 0.25) is 0 Å². The first-order chi connectivity index (χ1) is 9.90. The Balaban J connectivity index is 2.24. The second-order valence-corrected chi connectivity index (χ2v) is 5.07. The molecule has 1 aliphatic rings. The number of aryl methyl sites for hydroxylation is 2. The third-order valence-corrected chi connectivity index (χ3v) is 3.69. The van der Waals surface area contributed by atoms with Gasteiger partial charge in [-0.3, -0.25) is 15.1 Å². The number of nitrogens with zero attached hydrogens (tertiary/aromatic N) is 1. The second kappa shape index (κ2) is 4.48. The Labute approximate surface area is 120 Å². The van der Waals surface area contributed by atoms with Crippen molar-refractivity contribution in [3.8, 4) is 0 Å². The number of amides is 1. The van der Waals surface area contributed by atoms with Crippen LogP contribution in [0.2, 0.25) is 0 Å². The minimum atomic E-state index is -0.848. The Morgan fingerprint density at radius 3 is 2.43 bits per heavy atom. The molecule has 0 aromatic heterocycles. The highest BCUT2D eigenvalue weighted by atomic mass is 19.1. The maximum absolute atomic E-state index is 14.1. The second-order valence-electron chi connectivity index (χ2n) is 5.07. The van der Waals surface area contributed by atoms with Crippen molar-refractivity contribution in [3.63, 3.8) is 0 Å². The van der Waals surface area contributed by atoms with E-state index in [1.165, 1.54) is 0 Å². The van der Waals surface area contributed by atoms with Gasteiger partial charge in [0.1, 0.15) is 11.5 Å². The largest absolute Gasteiger partial charge is 0.295 e. The number of anilines is 2. The third kappa shape index (κ3) is 1.93. The average Bonchev–Trinajstić information content (AvgIpc) is 2.67. The number of fused-ring (bicyclic) bond motifs is 1. The van der Waals surface area contributed by atoms with Gasteiger partial charge >= 0.3 is 0 Å². The number of hydrogen-bond donors (Lipinski definition) is 1. The van der Waals surface area contributed by atoms with Gasteiger partial charge in [-0.05, 0) is 43.2 Å². The van der Waals surface area contributed by atoms with E-state index in [-0.39, 0.29) is 11.3 Å². The Morgan fingerprint density at radius 1 is 1.05 bits per heavy atom. The zero-order valence-electron chi connectivity index (χ0n) is 11.5. The molecule has 106 valence electrons. The molecule has 2 aromatic carbocycles. The monoisotopic (exact) mass is 286 g/mol. The molecule has 21 heavy (non-hydrogen) atoms. The molecule has 1 heterocycles. The van der Waals surface area contributed by atoms with Crippen LogP contribution in [0.15, 0.2) is 30.3 Å². The highest BCUT2D eigenvalue weighted by molar-refractivity contribution is 6.54. The molecule has 0 radical (unpaired) electrons. The number of nitrogens with one attached hydrogen (secondary N) is 1. The van der Waals surface area contributed by atoms with Crippen LogP contribution in [0, 0.1) is 30.9 Å². The first kappa shape index (κ1) is 13.4. The predicted octanol–water partition coefficient (Wildman–Crippen LogP) is 3.63. The van der Waals surface area contributed by atoms with E-state index >= 15 is 0 Å². The van der Waals surface area contributed by atoms with E-state index < -0.39 is 23.3 Å². The Morgan fingerprint density at radius 2 is 1.76 bits per heavy atom. The molecule has 1 aliphatic heterocycles. The molecule has 3 rings (SSSR count). The molecule has 0 saturated heterocycles. The summed E-state index contributed by atoms with van der Waals surface area (Å²) in [6.45, 7) is 3.81. The van der Waals surface area contributed by atoms with Gasteiger partial charge in [-0.1, -0.05) is 6.07 Å². The summed E-state index contributed by atoms with van der Waals surface area (Å²) < 4.78 is 27.4. The lowest BCUT2D eigenvalue weighted by Crippen LogP contribution is -2.25. The molecule has 5 heteroatoms. The summed E-state index contributed by atoms with van der Waals surface area (Å²) in [4.78, 5) is 13.4. The van der Waals surface area contributed by atoms with E-state index in [4.69, 9.17) is 5.41 Å². The van der Waals surface area contributed by atoms with Gasteiger partial charge in [0, 0.05) is 17.3 Å². The Bertz CT molecular complexity index is 799. The van der Waals surface area contributed by atoms with E-state index in [1.54, 1.807) is 12.1 Å². The normalized spacial score (nSPS) is 13.8. The first-order valence-corrected chi connectivity index (χ1v) is 6.40. The Hall–Kier alpha value is -2.56. The van der Waals surface area contributed by atoms with Crippen molar-refractivity contribution in [2.24, 2.45) is 0 Å². The molecular formula is C16H12F2N2O. The number of benzene rings is 2. The molecular weight excluding hydrogens is 274 g/mol. The van der Waals surface area contributed by atoms with Gasteiger partial charge in [-0.15, -0.1) is 0 Å². The summed E-state index contributed by atoms with van der Waals surface area (Å²) in [6, 6.07) is 6.99. The topological polar surface area (TPSA) is 44.2 Å². The maximum Gasteiger partial charge on any atom is 0.281 e. The van der Waals surface area contributed by atoms with E-state index in [1.807, 2.05) is 19.9 Å². The minimum absolute atomic E-state index is 0.0178. The summed E-state index contributed by atoms with van der Waals surface area (Å²) >= 11 is 0. The maximum atomic E-state index is 14.1. The summed E-state index contributed by atoms with van der Waals surface area (Å²) in [5, 5.41) is 7.78. The number of hydrogen-bond acceptors (Lipinski definition) is 2. The van der Waals surface area contributed by atoms with Gasteiger partial charge < -0.3 is 0 Å². The highest BCUT2D eigenvalue weighted by Gasteiger charge is 2.37. The number of carbonyl (C=O) groups excluding carboxylic acids is 1. The molecule has 2 aromatic rings. The minimum Gasteiger partial charge on any atom is -0.295 e. The van der Waals surface area contributed by atoms with Crippen molar-refractivity contribution >= 4 is 23.0 Å². The molecule has 0 aliphatic carbocycles. The zero-order valence-corrected chi connectivity index (χ0v) is 11.5. The molecule has 0 fully saturated rings. The van der Waals surface area contributed by atoms with Crippen molar-refractivity contribution in [1.82, 2.24) is 0 Å². The molecule has 0 spiro atoms. The standard InChI is InChI=1S/C16H12F2N2O/c1-8-3-4-11(5-9(8)2)20-15-12(14(19)16(20)21)6-10(17)7-13(15)18/h3-7,19H,1-2H3. The van der Waals surface area contributed by atoms with Gasteiger partial charge in [0.15, 0.2) is 5.82 Å². The average molecular weight is 286 g/mol. The van der Waals surface area contributed by atoms with E-state index in [9.17, 15) is 13.6 Å². The van der Waals surface area contributed by atoms with Crippen LogP contribution in [0.25, 0.3) is 0 Å². The molecule has 3 nitrogen and oxygen atoms in total. The molecule has 1 N–H and O–H groups in total.